The van der Waals surface area contributed by atoms with Gasteiger partial charge in [0.05, 0.1) is 6.10 Å². The lowest BCUT2D eigenvalue weighted by Gasteiger charge is -2.22. The molecule has 0 amide bonds. The van der Waals surface area contributed by atoms with Crippen molar-refractivity contribution in [3.63, 3.8) is 0 Å². The molecule has 0 rings (SSSR count). The van der Waals surface area contributed by atoms with Gasteiger partial charge in [0.15, 0.2) is 4.23 Å². The summed E-state index contributed by atoms with van der Waals surface area (Å²) in [6.45, 7) is 3.91. The van der Waals surface area contributed by atoms with Gasteiger partial charge in [-0.05, 0) is 36.4 Å². The minimum Gasteiger partial charge on any atom is -0.356 e. The number of halogens is 1. The molecule has 1 unspecified atom stereocenters. The molecule has 0 saturated carbocycles. The molecule has 0 fully saturated rings. The highest BCUT2D eigenvalue weighted by Gasteiger charge is 2.08. The van der Waals surface area contributed by atoms with E-state index in [1.807, 2.05) is 20.9 Å². The van der Waals surface area contributed by atoms with Crippen LogP contribution in [0.4, 0.5) is 0 Å². The third kappa shape index (κ3) is 5.80. The second-order valence-corrected chi connectivity index (χ2v) is 3.46. The molecule has 68 valence electrons. The van der Waals surface area contributed by atoms with E-state index >= 15 is 0 Å². The normalized spacial score (nSPS) is 14.5. The molecule has 0 heterocycles. The van der Waals surface area contributed by atoms with Crippen LogP contribution in [0.25, 0.3) is 0 Å². The predicted molar refractivity (Wildman–Crippen MR) is 51.9 cm³/mol. The number of ether oxygens (including phenoxy) is 1. The summed E-state index contributed by atoms with van der Waals surface area (Å²) in [7, 11) is 3.49. The van der Waals surface area contributed by atoms with Crippen LogP contribution in [-0.2, 0) is 9.57 Å². The first kappa shape index (κ1) is 11.6. The molecule has 4 nitrogen and oxygen atoms in total. The van der Waals surface area contributed by atoms with E-state index < -0.39 is 0 Å². The first-order valence-corrected chi connectivity index (χ1v) is 4.63. The Morgan fingerprint density at radius 2 is 2.00 bits per heavy atom. The molecule has 0 aliphatic carbocycles. The Bertz CT molecular complexity index is 103. The highest BCUT2D eigenvalue weighted by Crippen LogP contribution is 2.02. The Hall–Kier alpha value is 0.570. The lowest BCUT2D eigenvalue weighted by Crippen LogP contribution is -2.41. The van der Waals surface area contributed by atoms with Crippen molar-refractivity contribution in [1.82, 2.24) is 10.6 Å². The van der Waals surface area contributed by atoms with Gasteiger partial charge in [0.2, 0.25) is 0 Å². The standard InChI is InChI=1S/C6H15IN2O2/c1-5(2)11-8-9(3)6(7)10-4/h5-6,8H,1-4H3. The zero-order valence-electron chi connectivity index (χ0n) is 7.30. The minimum absolute atomic E-state index is 0.0219. The predicted octanol–water partition coefficient (Wildman–Crippen LogP) is 1.13. The quantitative estimate of drug-likeness (QED) is 0.268. The van der Waals surface area contributed by atoms with E-state index in [-0.39, 0.29) is 10.3 Å². The van der Waals surface area contributed by atoms with Crippen LogP contribution < -0.4 is 5.59 Å². The number of rotatable bonds is 5. The lowest BCUT2D eigenvalue weighted by molar-refractivity contribution is -0.136. The van der Waals surface area contributed by atoms with Crippen molar-refractivity contribution >= 4 is 22.6 Å². The maximum absolute atomic E-state index is 5.12. The maximum Gasteiger partial charge on any atom is 0.176 e. The Kier molecular flexibility index (Phi) is 6.44. The van der Waals surface area contributed by atoms with Gasteiger partial charge in [-0.3, -0.25) is 4.84 Å². The molecule has 1 N–H and O–H groups in total. The van der Waals surface area contributed by atoms with Crippen molar-refractivity contribution in [2.24, 2.45) is 0 Å². The average molecular weight is 274 g/mol. The Labute approximate surface area is 81.3 Å². The summed E-state index contributed by atoms with van der Waals surface area (Å²) < 4.78 is 4.99. The summed E-state index contributed by atoms with van der Waals surface area (Å²) in [6, 6.07) is 0. The SMILES string of the molecule is COC(I)N(C)NOC(C)C. The van der Waals surface area contributed by atoms with Gasteiger partial charge in [-0.1, -0.05) is 0 Å². The highest BCUT2D eigenvalue weighted by molar-refractivity contribution is 14.1. The number of nitrogens with zero attached hydrogens (tertiary/aromatic N) is 1. The third-order valence-electron chi connectivity index (χ3n) is 0.931. The summed E-state index contributed by atoms with van der Waals surface area (Å²) in [6.07, 6.45) is 0.165. The number of hydrazine groups is 1. The molecule has 0 spiro atoms. The van der Waals surface area contributed by atoms with Gasteiger partial charge in [-0.25, -0.2) is 0 Å². The molecule has 5 heteroatoms. The Balaban J connectivity index is 3.43. The van der Waals surface area contributed by atoms with Crippen molar-refractivity contribution < 1.29 is 9.57 Å². The van der Waals surface area contributed by atoms with Crippen molar-refractivity contribution in [3.05, 3.63) is 0 Å². The van der Waals surface area contributed by atoms with Gasteiger partial charge < -0.3 is 4.74 Å². The first-order chi connectivity index (χ1) is 5.07. The fraction of sp³-hybridized carbons (Fsp3) is 1.00. The first-order valence-electron chi connectivity index (χ1n) is 3.39. The van der Waals surface area contributed by atoms with E-state index in [0.29, 0.717) is 0 Å². The van der Waals surface area contributed by atoms with Crippen molar-refractivity contribution in [1.29, 1.82) is 0 Å². The van der Waals surface area contributed by atoms with E-state index in [9.17, 15) is 0 Å². The van der Waals surface area contributed by atoms with E-state index in [2.05, 4.69) is 28.2 Å². The Morgan fingerprint density at radius 1 is 1.45 bits per heavy atom. The van der Waals surface area contributed by atoms with E-state index in [0.717, 1.165) is 0 Å². The van der Waals surface area contributed by atoms with Crippen LogP contribution in [0.5, 0.6) is 0 Å². The van der Waals surface area contributed by atoms with Gasteiger partial charge in [-0.2, -0.15) is 5.01 Å². The molecule has 0 aromatic rings. The highest BCUT2D eigenvalue weighted by atomic mass is 127. The van der Waals surface area contributed by atoms with Crippen LogP contribution in [0.15, 0.2) is 0 Å². The second-order valence-electron chi connectivity index (χ2n) is 2.40. The van der Waals surface area contributed by atoms with Crippen LogP contribution in [0, 0.1) is 0 Å². The monoisotopic (exact) mass is 274 g/mol. The van der Waals surface area contributed by atoms with Crippen LogP contribution in [0.2, 0.25) is 0 Å². The molecule has 11 heavy (non-hydrogen) atoms. The number of nitrogens with one attached hydrogen (secondary N) is 1. The van der Waals surface area contributed by atoms with Crippen LogP contribution in [0.1, 0.15) is 13.8 Å². The smallest absolute Gasteiger partial charge is 0.176 e. The fourth-order valence-electron chi connectivity index (χ4n) is 0.388. The van der Waals surface area contributed by atoms with Gasteiger partial charge in [-0.15, -0.1) is 5.59 Å². The maximum atomic E-state index is 5.12. The van der Waals surface area contributed by atoms with Crippen molar-refractivity contribution in [3.8, 4) is 0 Å². The summed E-state index contributed by atoms with van der Waals surface area (Å²) in [5, 5.41) is 1.74. The molecule has 0 aliphatic rings. The van der Waals surface area contributed by atoms with E-state index in [1.165, 1.54) is 0 Å². The van der Waals surface area contributed by atoms with Gasteiger partial charge in [0.1, 0.15) is 0 Å². The molecule has 1 atom stereocenters. The van der Waals surface area contributed by atoms with Crippen LogP contribution >= 0.6 is 22.6 Å². The number of hydrogen-bond donors (Lipinski definition) is 1. The number of methoxy groups -OCH3 is 1. The zero-order valence-corrected chi connectivity index (χ0v) is 9.45. The van der Waals surface area contributed by atoms with Gasteiger partial charge in [0, 0.05) is 14.2 Å². The lowest BCUT2D eigenvalue weighted by atomic mass is 10.5. The van der Waals surface area contributed by atoms with Crippen LogP contribution in [-0.4, -0.2) is 29.5 Å². The molecular weight excluding hydrogens is 259 g/mol. The molecule has 0 aromatic heterocycles. The number of hydrogen-bond acceptors (Lipinski definition) is 4. The Morgan fingerprint density at radius 3 is 2.36 bits per heavy atom. The second kappa shape index (κ2) is 6.13. The summed E-state index contributed by atoms with van der Waals surface area (Å²) in [5.74, 6) is 0. The van der Waals surface area contributed by atoms with E-state index in [1.54, 1.807) is 12.1 Å². The third-order valence-corrected chi connectivity index (χ3v) is 2.28. The molecule has 0 aromatic carbocycles. The summed E-state index contributed by atoms with van der Waals surface area (Å²) >= 11 is 2.14. The molecule has 0 aliphatic heterocycles. The summed E-state index contributed by atoms with van der Waals surface area (Å²) in [5.41, 5.74) is 2.73. The topological polar surface area (TPSA) is 33.7 Å². The minimum atomic E-state index is -0.0219. The molecule has 0 radical (unpaired) electrons. The fourth-order valence-corrected chi connectivity index (χ4v) is 0.502. The zero-order chi connectivity index (χ0) is 8.85. The largest absolute Gasteiger partial charge is 0.356 e. The van der Waals surface area contributed by atoms with E-state index in [4.69, 9.17) is 9.57 Å². The van der Waals surface area contributed by atoms with Crippen molar-refractivity contribution in [2.45, 2.75) is 24.2 Å². The average Bonchev–Trinajstić information content (AvgIpc) is 1.98. The van der Waals surface area contributed by atoms with Crippen LogP contribution in [0.3, 0.4) is 0 Å². The molecular formula is C6H15IN2O2. The summed E-state index contributed by atoms with van der Waals surface area (Å²) in [4.78, 5) is 5.12. The van der Waals surface area contributed by atoms with Gasteiger partial charge >= 0.3 is 0 Å². The van der Waals surface area contributed by atoms with Gasteiger partial charge in [0.25, 0.3) is 0 Å². The molecule has 0 bridgehead atoms. The van der Waals surface area contributed by atoms with Crippen molar-refractivity contribution in [2.75, 3.05) is 14.2 Å². The molecule has 0 saturated heterocycles. The number of alkyl halides is 1.